The zero-order valence-corrected chi connectivity index (χ0v) is 9.04. The van der Waals surface area contributed by atoms with Crippen molar-refractivity contribution in [1.29, 1.82) is 0 Å². The molecule has 0 aliphatic heterocycles. The van der Waals surface area contributed by atoms with Crippen LogP contribution in [-0.4, -0.2) is 11.7 Å². The van der Waals surface area contributed by atoms with Crippen LogP contribution < -0.4 is 11.2 Å². The van der Waals surface area contributed by atoms with Gasteiger partial charge in [0, 0.05) is 11.6 Å². The number of amides is 2. The van der Waals surface area contributed by atoms with Gasteiger partial charge in [-0.15, -0.1) is 0 Å². The van der Waals surface area contributed by atoms with Gasteiger partial charge < -0.3 is 5.73 Å². The molecule has 0 aromatic rings. The Morgan fingerprint density at radius 1 is 1.27 bits per heavy atom. The lowest BCUT2D eigenvalue weighted by atomic mass is 9.70. The maximum absolute atomic E-state index is 10.6. The lowest BCUT2D eigenvalue weighted by Crippen LogP contribution is -2.34. The average Bonchev–Trinajstić information content (AvgIpc) is 2.26. The van der Waals surface area contributed by atoms with E-state index >= 15 is 0 Å². The molecule has 2 saturated carbocycles. The van der Waals surface area contributed by atoms with Gasteiger partial charge in [-0.05, 0) is 38.0 Å². The molecule has 0 radical (unpaired) electrons. The van der Waals surface area contributed by atoms with Gasteiger partial charge in [-0.2, -0.15) is 5.10 Å². The molecule has 2 amide bonds. The summed E-state index contributed by atoms with van der Waals surface area (Å²) in [5.74, 6) is 1.42. The van der Waals surface area contributed by atoms with Crippen LogP contribution in [0.2, 0.25) is 0 Å². The largest absolute Gasteiger partial charge is 0.350 e. The van der Waals surface area contributed by atoms with Crippen molar-refractivity contribution >= 4 is 11.7 Å². The summed E-state index contributed by atoms with van der Waals surface area (Å²) in [4.78, 5) is 10.6. The van der Waals surface area contributed by atoms with Gasteiger partial charge in [0.05, 0.1) is 0 Å². The standard InChI is InChI=1S/C11H19N3O/c12-11(15)14-13-10-7-3-5-8-4-1-2-6-9(8)10/h8-9H,1-7H2,(H3,12,14,15)/b13-10+/t8-,9-/m0/s1. The quantitative estimate of drug-likeness (QED) is 0.637. The van der Waals surface area contributed by atoms with Crippen molar-refractivity contribution in [3.8, 4) is 0 Å². The molecule has 2 rings (SSSR count). The monoisotopic (exact) mass is 209 g/mol. The van der Waals surface area contributed by atoms with Crippen LogP contribution >= 0.6 is 0 Å². The second-order valence-corrected chi connectivity index (χ2v) is 4.62. The van der Waals surface area contributed by atoms with Crippen molar-refractivity contribution in [2.24, 2.45) is 22.7 Å². The van der Waals surface area contributed by atoms with E-state index in [1.165, 1.54) is 44.2 Å². The van der Waals surface area contributed by atoms with E-state index in [-0.39, 0.29) is 0 Å². The molecule has 3 N–H and O–H groups in total. The van der Waals surface area contributed by atoms with Crippen LogP contribution in [0.15, 0.2) is 5.10 Å². The topological polar surface area (TPSA) is 67.5 Å². The van der Waals surface area contributed by atoms with Gasteiger partial charge in [0.2, 0.25) is 0 Å². The van der Waals surface area contributed by atoms with Crippen molar-refractivity contribution in [1.82, 2.24) is 5.43 Å². The summed E-state index contributed by atoms with van der Waals surface area (Å²) in [5.41, 5.74) is 8.57. The minimum Gasteiger partial charge on any atom is -0.350 e. The summed E-state index contributed by atoms with van der Waals surface area (Å²) in [6.07, 6.45) is 8.81. The molecule has 2 fully saturated rings. The number of fused-ring (bicyclic) bond motifs is 1. The molecule has 4 nitrogen and oxygen atoms in total. The minimum atomic E-state index is -0.555. The number of primary amides is 1. The molecule has 0 unspecified atom stereocenters. The lowest BCUT2D eigenvalue weighted by molar-refractivity contribution is 0.247. The van der Waals surface area contributed by atoms with Gasteiger partial charge in [-0.25, -0.2) is 10.2 Å². The van der Waals surface area contributed by atoms with E-state index in [1.54, 1.807) is 0 Å². The number of nitrogens with zero attached hydrogens (tertiary/aromatic N) is 1. The van der Waals surface area contributed by atoms with Crippen molar-refractivity contribution < 1.29 is 4.79 Å². The molecule has 0 heterocycles. The molecule has 2 aliphatic rings. The maximum Gasteiger partial charge on any atom is 0.332 e. The summed E-state index contributed by atoms with van der Waals surface area (Å²) in [6, 6.07) is -0.555. The highest BCUT2D eigenvalue weighted by Crippen LogP contribution is 2.38. The number of nitrogens with one attached hydrogen (secondary N) is 1. The van der Waals surface area contributed by atoms with E-state index in [0.717, 1.165) is 12.3 Å². The molecule has 0 bridgehead atoms. The summed E-state index contributed by atoms with van der Waals surface area (Å²) in [5, 5.41) is 4.16. The third-order valence-electron chi connectivity index (χ3n) is 3.65. The van der Waals surface area contributed by atoms with E-state index in [4.69, 9.17) is 5.73 Å². The van der Waals surface area contributed by atoms with Crippen molar-refractivity contribution in [3.05, 3.63) is 0 Å². The molecule has 0 aromatic carbocycles. The fraction of sp³-hybridized carbons (Fsp3) is 0.818. The van der Waals surface area contributed by atoms with Crippen LogP contribution in [0.3, 0.4) is 0 Å². The summed E-state index contributed by atoms with van der Waals surface area (Å²) in [6.45, 7) is 0. The van der Waals surface area contributed by atoms with Gasteiger partial charge in [0.1, 0.15) is 0 Å². The fourth-order valence-corrected chi connectivity index (χ4v) is 2.99. The van der Waals surface area contributed by atoms with E-state index in [0.29, 0.717) is 5.92 Å². The third-order valence-corrected chi connectivity index (χ3v) is 3.65. The van der Waals surface area contributed by atoms with Gasteiger partial charge in [-0.1, -0.05) is 12.8 Å². The fourth-order valence-electron chi connectivity index (χ4n) is 2.99. The van der Waals surface area contributed by atoms with Crippen molar-refractivity contribution in [2.45, 2.75) is 44.9 Å². The van der Waals surface area contributed by atoms with Crippen LogP contribution in [0, 0.1) is 11.8 Å². The smallest absolute Gasteiger partial charge is 0.332 e. The van der Waals surface area contributed by atoms with Gasteiger partial charge >= 0.3 is 6.03 Å². The number of hydrazone groups is 1. The first-order valence-electron chi connectivity index (χ1n) is 5.89. The number of nitrogens with two attached hydrogens (primary N) is 1. The Labute approximate surface area is 90.3 Å². The molecule has 4 heteroatoms. The number of hydrogen-bond donors (Lipinski definition) is 2. The van der Waals surface area contributed by atoms with Gasteiger partial charge in [0.15, 0.2) is 0 Å². The first kappa shape index (κ1) is 10.5. The zero-order chi connectivity index (χ0) is 10.7. The minimum absolute atomic E-state index is 0.555. The Balaban J connectivity index is 2.03. The average molecular weight is 209 g/mol. The Bertz CT molecular complexity index is 273. The van der Waals surface area contributed by atoms with Crippen LogP contribution in [0.5, 0.6) is 0 Å². The Morgan fingerprint density at radius 3 is 2.80 bits per heavy atom. The van der Waals surface area contributed by atoms with Gasteiger partial charge in [0.25, 0.3) is 0 Å². The Hall–Kier alpha value is -1.06. The second kappa shape index (κ2) is 4.64. The predicted octanol–water partition coefficient (Wildman–Crippen LogP) is 2.00. The number of rotatable bonds is 1. The second-order valence-electron chi connectivity index (χ2n) is 4.62. The highest BCUT2D eigenvalue weighted by atomic mass is 16.2. The molecule has 0 spiro atoms. The van der Waals surface area contributed by atoms with Crippen LogP contribution in [0.25, 0.3) is 0 Å². The van der Waals surface area contributed by atoms with Crippen LogP contribution in [0.1, 0.15) is 44.9 Å². The van der Waals surface area contributed by atoms with E-state index in [2.05, 4.69) is 10.5 Å². The lowest BCUT2D eigenvalue weighted by Gasteiger charge is -2.36. The SMILES string of the molecule is NC(=O)N/N=C1\CCC[C@@H]2CCCC[C@H]12. The summed E-state index contributed by atoms with van der Waals surface area (Å²) >= 11 is 0. The highest BCUT2D eigenvalue weighted by Gasteiger charge is 2.32. The highest BCUT2D eigenvalue weighted by molar-refractivity contribution is 5.88. The van der Waals surface area contributed by atoms with Crippen LogP contribution in [-0.2, 0) is 0 Å². The normalized spacial score (nSPS) is 33.5. The first-order chi connectivity index (χ1) is 7.27. The van der Waals surface area contributed by atoms with E-state index < -0.39 is 6.03 Å². The van der Waals surface area contributed by atoms with Crippen LogP contribution in [0.4, 0.5) is 4.79 Å². The number of carbonyl (C=O) groups is 1. The molecule has 84 valence electrons. The molecular weight excluding hydrogens is 190 g/mol. The number of hydrogen-bond acceptors (Lipinski definition) is 2. The van der Waals surface area contributed by atoms with Crippen molar-refractivity contribution in [3.63, 3.8) is 0 Å². The molecule has 2 atom stereocenters. The molecule has 0 aromatic heterocycles. The molecular formula is C11H19N3O. The number of carbonyl (C=O) groups excluding carboxylic acids is 1. The molecule has 15 heavy (non-hydrogen) atoms. The maximum atomic E-state index is 10.6. The molecule has 2 aliphatic carbocycles. The van der Waals surface area contributed by atoms with Crippen molar-refractivity contribution in [2.75, 3.05) is 0 Å². The van der Waals surface area contributed by atoms with E-state index in [9.17, 15) is 4.79 Å². The summed E-state index contributed by atoms with van der Waals surface area (Å²) in [7, 11) is 0. The predicted molar refractivity (Wildman–Crippen MR) is 59.5 cm³/mol. The number of urea groups is 1. The molecule has 0 saturated heterocycles. The third kappa shape index (κ3) is 2.49. The Kier molecular flexibility index (Phi) is 3.23. The Morgan fingerprint density at radius 2 is 2.00 bits per heavy atom. The van der Waals surface area contributed by atoms with Gasteiger partial charge in [-0.3, -0.25) is 0 Å². The summed E-state index contributed by atoms with van der Waals surface area (Å²) < 4.78 is 0. The van der Waals surface area contributed by atoms with E-state index in [1.807, 2.05) is 0 Å². The zero-order valence-electron chi connectivity index (χ0n) is 9.04. The first-order valence-corrected chi connectivity index (χ1v) is 5.89.